The summed E-state index contributed by atoms with van der Waals surface area (Å²) in [7, 11) is 0. The Hall–Kier alpha value is -9.01. The molecule has 348 valence electrons. The van der Waals surface area contributed by atoms with Gasteiger partial charge in [0.2, 0.25) is 0 Å². The zero-order valence-corrected chi connectivity index (χ0v) is 39.9. The maximum Gasteiger partial charge on any atom is 0.137 e. The van der Waals surface area contributed by atoms with Crippen LogP contribution in [0.5, 0.6) is 11.5 Å². The lowest BCUT2D eigenvalue weighted by atomic mass is 9.88. The van der Waals surface area contributed by atoms with Crippen LogP contribution in [0.3, 0.4) is 0 Å². The first-order valence-corrected chi connectivity index (χ1v) is 24.3. The summed E-state index contributed by atoms with van der Waals surface area (Å²) >= 11 is 0. The fourth-order valence-corrected chi connectivity index (χ4v) is 10.7. The Balaban J connectivity index is 0.995. The maximum absolute atomic E-state index is 14.5. The van der Waals surface area contributed by atoms with Gasteiger partial charge in [0.15, 0.2) is 0 Å². The summed E-state index contributed by atoms with van der Waals surface area (Å²) < 4.78 is 40.7. The Morgan fingerprint density at radius 3 is 1.57 bits per heavy atom. The highest BCUT2D eigenvalue weighted by Gasteiger charge is 2.32. The second kappa shape index (κ2) is 16.8. The Kier molecular flexibility index (Phi) is 10.1. The lowest BCUT2D eigenvalue weighted by Crippen LogP contribution is -2.25. The summed E-state index contributed by atoms with van der Waals surface area (Å²) in [6.07, 6.45) is 1.90. The molecule has 8 heteroatoms. The van der Waals surface area contributed by atoms with Crippen molar-refractivity contribution in [1.82, 2.24) is 14.1 Å². The molecular formula is C64H47F2N5O. The van der Waals surface area contributed by atoms with Crippen LogP contribution >= 0.6 is 0 Å². The van der Waals surface area contributed by atoms with Crippen molar-refractivity contribution in [2.45, 2.75) is 26.2 Å². The van der Waals surface area contributed by atoms with Gasteiger partial charge in [0.25, 0.3) is 0 Å². The summed E-state index contributed by atoms with van der Waals surface area (Å²) in [5.41, 5.74) is 13.7. The molecule has 13 rings (SSSR count). The fourth-order valence-electron chi connectivity index (χ4n) is 10.7. The molecular weight excluding hydrogens is 893 g/mol. The minimum Gasteiger partial charge on any atom is -0.457 e. The van der Waals surface area contributed by atoms with Crippen LogP contribution in [0.25, 0.3) is 77.4 Å². The number of nitrogens with zero attached hydrogens (tertiary/aromatic N) is 5. The molecule has 9 aromatic carbocycles. The van der Waals surface area contributed by atoms with Crippen molar-refractivity contribution < 1.29 is 13.5 Å². The molecule has 12 aromatic rings. The van der Waals surface area contributed by atoms with E-state index in [0.29, 0.717) is 18.2 Å². The molecule has 3 aromatic heterocycles. The standard InChI is InChI=1S/C64H47F2N5O/c1-64(2,3)43-33-34-67-62(35-43)71-58-20-9-6-15-54(58)55-32-31-48(39-61(55)71)72-49-37-46(36-47(38-49)70-56-18-7-4-13-52(56)53-14-5-8-19-57(53)70)68-40-69(60-22-11-10-21-59(60)68)63-50(41-23-27-44(65)28-24-41)16-12-17-51(63)42-25-29-45(66)30-26-42/h4-39H,40H2,1-3H3. The SMILES string of the molecule is CC(C)(C)c1ccnc(-n2c3ccccc3c3ccc(Oc4cc(N5CN(c6c(-c7ccc(F)cc7)cccc6-c6ccc(F)cc6)c6ccccc65)cc(-n5c6ccccc6c6ccccc65)c4)cc32)c1. The van der Waals surface area contributed by atoms with Gasteiger partial charge in [0.1, 0.15) is 35.6 Å². The minimum absolute atomic E-state index is 0.0619. The van der Waals surface area contributed by atoms with E-state index in [1.807, 2.05) is 36.5 Å². The Morgan fingerprint density at radius 2 is 0.972 bits per heavy atom. The molecule has 0 saturated carbocycles. The zero-order valence-electron chi connectivity index (χ0n) is 39.9. The number of anilines is 4. The van der Waals surface area contributed by atoms with Crippen LogP contribution in [0, 0.1) is 11.6 Å². The zero-order chi connectivity index (χ0) is 48.7. The number of halogens is 2. The van der Waals surface area contributed by atoms with Crippen LogP contribution in [0.4, 0.5) is 31.5 Å². The topological polar surface area (TPSA) is 38.5 Å². The van der Waals surface area contributed by atoms with E-state index in [4.69, 9.17) is 9.72 Å². The third-order valence-electron chi connectivity index (χ3n) is 14.1. The van der Waals surface area contributed by atoms with Crippen LogP contribution in [0.2, 0.25) is 0 Å². The van der Waals surface area contributed by atoms with Gasteiger partial charge in [-0.3, -0.25) is 4.57 Å². The summed E-state index contributed by atoms with van der Waals surface area (Å²) in [5, 5.41) is 4.56. The highest BCUT2D eigenvalue weighted by Crippen LogP contribution is 2.51. The van der Waals surface area contributed by atoms with Crippen molar-refractivity contribution in [2.75, 3.05) is 16.5 Å². The van der Waals surface area contributed by atoms with Crippen molar-refractivity contribution in [2.24, 2.45) is 0 Å². The van der Waals surface area contributed by atoms with E-state index >= 15 is 0 Å². The Labute approximate surface area is 415 Å². The number of aromatic nitrogens is 3. The minimum atomic E-state index is -0.306. The maximum atomic E-state index is 14.5. The second-order valence-electron chi connectivity index (χ2n) is 19.5. The van der Waals surface area contributed by atoms with Crippen molar-refractivity contribution >= 4 is 66.4 Å². The summed E-state index contributed by atoms with van der Waals surface area (Å²) in [5.74, 6) is 1.58. The molecule has 0 atom stereocenters. The van der Waals surface area contributed by atoms with Gasteiger partial charge >= 0.3 is 0 Å². The van der Waals surface area contributed by atoms with Crippen LogP contribution in [0.15, 0.2) is 219 Å². The predicted octanol–water partition coefficient (Wildman–Crippen LogP) is 17.2. The number of ether oxygens (including phenoxy) is 1. The van der Waals surface area contributed by atoms with Gasteiger partial charge in [-0.25, -0.2) is 13.8 Å². The molecule has 0 unspecified atom stereocenters. The van der Waals surface area contributed by atoms with Crippen LogP contribution in [0.1, 0.15) is 26.3 Å². The molecule has 0 saturated heterocycles. The molecule has 0 bridgehead atoms. The molecule has 0 spiro atoms. The largest absolute Gasteiger partial charge is 0.457 e. The van der Waals surface area contributed by atoms with E-state index < -0.39 is 0 Å². The van der Waals surface area contributed by atoms with Gasteiger partial charge in [0, 0.05) is 62.8 Å². The number of pyridine rings is 1. The molecule has 0 N–H and O–H groups in total. The highest BCUT2D eigenvalue weighted by molar-refractivity contribution is 6.10. The van der Waals surface area contributed by atoms with E-state index in [2.05, 4.69) is 197 Å². The van der Waals surface area contributed by atoms with E-state index in [1.165, 1.54) is 29.8 Å². The molecule has 1 aliphatic rings. The molecule has 0 fully saturated rings. The van der Waals surface area contributed by atoms with Crippen molar-refractivity contribution in [3.63, 3.8) is 0 Å². The number of rotatable bonds is 8. The van der Waals surface area contributed by atoms with E-state index in [9.17, 15) is 8.78 Å². The summed E-state index contributed by atoms with van der Waals surface area (Å²) in [6, 6.07) is 70.5. The predicted molar refractivity (Wildman–Crippen MR) is 291 cm³/mol. The summed E-state index contributed by atoms with van der Waals surface area (Å²) in [6.45, 7) is 7.10. The molecule has 1 aliphatic heterocycles. The third-order valence-corrected chi connectivity index (χ3v) is 14.1. The Morgan fingerprint density at radius 1 is 0.444 bits per heavy atom. The smallest absolute Gasteiger partial charge is 0.137 e. The van der Waals surface area contributed by atoms with E-state index in [0.717, 1.165) is 100 Å². The lowest BCUT2D eigenvalue weighted by Gasteiger charge is -2.27. The average Bonchev–Trinajstić information content (AvgIpc) is 4.07. The third kappa shape index (κ3) is 7.25. The molecule has 0 amide bonds. The van der Waals surface area contributed by atoms with Gasteiger partial charge in [-0.15, -0.1) is 0 Å². The molecule has 6 nitrogen and oxygen atoms in total. The normalized spacial score (nSPS) is 12.7. The number of fused-ring (bicyclic) bond motifs is 7. The first-order valence-electron chi connectivity index (χ1n) is 24.3. The quantitative estimate of drug-likeness (QED) is 0.152. The van der Waals surface area contributed by atoms with Crippen molar-refractivity contribution in [3.8, 4) is 45.3 Å². The van der Waals surface area contributed by atoms with Gasteiger partial charge in [-0.1, -0.05) is 130 Å². The lowest BCUT2D eigenvalue weighted by molar-refractivity contribution is 0.483. The van der Waals surface area contributed by atoms with Gasteiger partial charge in [0.05, 0.1) is 44.8 Å². The summed E-state index contributed by atoms with van der Waals surface area (Å²) in [4.78, 5) is 9.57. The molecule has 72 heavy (non-hydrogen) atoms. The Bertz CT molecular complexity index is 3960. The van der Waals surface area contributed by atoms with Crippen LogP contribution in [-0.4, -0.2) is 20.8 Å². The van der Waals surface area contributed by atoms with Crippen molar-refractivity contribution in [1.29, 1.82) is 0 Å². The second-order valence-corrected chi connectivity index (χ2v) is 19.5. The number of benzene rings is 9. The van der Waals surface area contributed by atoms with E-state index in [-0.39, 0.29) is 17.0 Å². The number of para-hydroxylation sites is 6. The van der Waals surface area contributed by atoms with Gasteiger partial charge < -0.3 is 19.1 Å². The van der Waals surface area contributed by atoms with Crippen molar-refractivity contribution in [3.05, 3.63) is 236 Å². The van der Waals surface area contributed by atoms with E-state index in [1.54, 1.807) is 0 Å². The van der Waals surface area contributed by atoms with Crippen LogP contribution in [-0.2, 0) is 5.41 Å². The molecule has 0 aliphatic carbocycles. The van der Waals surface area contributed by atoms with Crippen LogP contribution < -0.4 is 14.5 Å². The molecule has 4 heterocycles. The molecule has 0 radical (unpaired) electrons. The average molecular weight is 940 g/mol. The van der Waals surface area contributed by atoms with Gasteiger partial charge in [-0.05, 0) is 107 Å². The monoisotopic (exact) mass is 939 g/mol. The van der Waals surface area contributed by atoms with Gasteiger partial charge in [-0.2, -0.15) is 0 Å². The number of hydrogen-bond donors (Lipinski definition) is 0. The number of hydrogen-bond acceptors (Lipinski definition) is 4. The fraction of sp³-hybridized carbons (Fsp3) is 0.0781. The highest BCUT2D eigenvalue weighted by atomic mass is 19.1. The first-order chi connectivity index (χ1) is 35.1. The first kappa shape index (κ1) is 43.0.